The van der Waals surface area contributed by atoms with Crippen LogP contribution in [0.5, 0.6) is 0 Å². The van der Waals surface area contributed by atoms with Crippen LogP contribution in [0.25, 0.3) is 0 Å². The Labute approximate surface area is 317 Å². The number of aliphatic hydroxyl groups is 1. The molecule has 14 heteroatoms. The number of ketones is 1. The Hall–Kier alpha value is -3.46. The van der Waals surface area contributed by atoms with Gasteiger partial charge in [-0.1, -0.05) is 54.4 Å². The van der Waals surface area contributed by atoms with Crippen molar-refractivity contribution >= 4 is 29.4 Å². The Balaban J connectivity index is 0.00000513. The SMILES string of the molecule is CCC.CCC[C@@H](C(CC(=O)N1CCCC1C(OC)C(C)C(=O)NCC(=O)c1ccc(F)cc1C)OC)N(C)C(=O)CNC(=O)C(NC)C(C)C.CO. The second-order valence-electron chi connectivity index (χ2n) is 13.7. The predicted molar refractivity (Wildman–Crippen MR) is 205 cm³/mol. The van der Waals surface area contributed by atoms with Gasteiger partial charge in [0.2, 0.25) is 23.6 Å². The number of ether oxygens (including phenoxy) is 2. The number of likely N-dealkylation sites (N-methyl/N-ethyl adjacent to an activating group) is 2. The molecule has 4 amide bonds. The third-order valence-electron chi connectivity index (χ3n) is 9.35. The van der Waals surface area contributed by atoms with Crippen molar-refractivity contribution < 1.29 is 42.9 Å². The van der Waals surface area contributed by atoms with E-state index in [0.29, 0.717) is 30.5 Å². The summed E-state index contributed by atoms with van der Waals surface area (Å²) in [5.74, 6) is -2.53. The highest BCUT2D eigenvalue weighted by Crippen LogP contribution is 2.28. The zero-order valence-corrected chi connectivity index (χ0v) is 34.2. The zero-order chi connectivity index (χ0) is 40.8. The summed E-state index contributed by atoms with van der Waals surface area (Å²) in [4.78, 5) is 68.7. The van der Waals surface area contributed by atoms with E-state index in [9.17, 15) is 28.4 Å². The average molecular weight is 754 g/mol. The molecule has 0 saturated carbocycles. The number of aliphatic hydroxyl groups excluding tert-OH is 1. The molecule has 4 N–H and O–H groups in total. The third-order valence-corrected chi connectivity index (χ3v) is 9.35. The minimum absolute atomic E-state index is 0.0133. The molecule has 0 spiro atoms. The van der Waals surface area contributed by atoms with Gasteiger partial charge in [0.25, 0.3) is 0 Å². The number of benzene rings is 1. The molecule has 1 aromatic rings. The first kappa shape index (κ1) is 49.5. The van der Waals surface area contributed by atoms with Crippen LogP contribution in [0.3, 0.4) is 0 Å². The van der Waals surface area contributed by atoms with E-state index >= 15 is 0 Å². The molecule has 1 aliphatic heterocycles. The maximum atomic E-state index is 13.8. The molecule has 0 radical (unpaired) electrons. The van der Waals surface area contributed by atoms with E-state index in [1.807, 2.05) is 20.8 Å². The van der Waals surface area contributed by atoms with E-state index in [-0.39, 0.29) is 55.0 Å². The van der Waals surface area contributed by atoms with Crippen LogP contribution in [-0.2, 0) is 28.7 Å². The number of rotatable bonds is 19. The quantitative estimate of drug-likeness (QED) is 0.155. The first-order valence-corrected chi connectivity index (χ1v) is 18.7. The van der Waals surface area contributed by atoms with Gasteiger partial charge >= 0.3 is 0 Å². The number of amides is 4. The lowest BCUT2D eigenvalue weighted by Crippen LogP contribution is -2.53. The maximum absolute atomic E-state index is 13.8. The van der Waals surface area contributed by atoms with Crippen LogP contribution in [-0.4, -0.2) is 130 Å². The van der Waals surface area contributed by atoms with Crippen LogP contribution >= 0.6 is 0 Å². The fraction of sp³-hybridized carbons (Fsp3) is 0.718. The number of halogens is 1. The first-order chi connectivity index (χ1) is 25.1. The lowest BCUT2D eigenvalue weighted by Gasteiger charge is -2.37. The van der Waals surface area contributed by atoms with Crippen molar-refractivity contribution in [1.29, 1.82) is 0 Å². The summed E-state index contributed by atoms with van der Waals surface area (Å²) in [6.07, 6.45) is 2.72. The summed E-state index contributed by atoms with van der Waals surface area (Å²) in [6, 6.07) is 2.66. The van der Waals surface area contributed by atoms with Crippen LogP contribution in [0.2, 0.25) is 0 Å². The lowest BCUT2D eigenvalue weighted by molar-refractivity contribution is -0.144. The van der Waals surface area contributed by atoms with Gasteiger partial charge in [-0.05, 0) is 62.9 Å². The number of hydrogen-bond donors (Lipinski definition) is 4. The van der Waals surface area contributed by atoms with Gasteiger partial charge in [-0.2, -0.15) is 0 Å². The molecular weight excluding hydrogens is 685 g/mol. The molecule has 1 fully saturated rings. The first-order valence-electron chi connectivity index (χ1n) is 18.7. The van der Waals surface area contributed by atoms with Crippen molar-refractivity contribution in [1.82, 2.24) is 25.8 Å². The van der Waals surface area contributed by atoms with Gasteiger partial charge in [0.1, 0.15) is 5.82 Å². The van der Waals surface area contributed by atoms with Crippen LogP contribution in [0.4, 0.5) is 4.39 Å². The standard InChI is InChI=1S/C35H56FN5O7.C3H8.CH4O/c1-10-12-26(40(7)31(44)20-39-35(46)32(37-6)21(2)3)29(47-8)18-30(43)41-16-11-13-27(41)33(48-9)23(5)34(45)38-19-28(42)25-15-14-24(36)17-22(25)4;1-3-2;1-2/h14-15,17,21,23,26-27,29,32-33,37H,10-13,16,18-20H2,1-9H3,(H,38,45)(H,39,46);3H2,1-2H3;2H,1H3/t23?,26-,27?,29?,32?,33?;;/m0../s1. The van der Waals surface area contributed by atoms with Crippen molar-refractivity contribution in [3.05, 3.63) is 35.1 Å². The van der Waals surface area contributed by atoms with Crippen molar-refractivity contribution in [3.63, 3.8) is 0 Å². The van der Waals surface area contributed by atoms with Gasteiger partial charge in [0, 0.05) is 40.5 Å². The second-order valence-corrected chi connectivity index (χ2v) is 13.7. The molecular formula is C39H68FN5O8. The normalized spacial score (nSPS) is 16.5. The number of carbonyl (C=O) groups is 5. The highest BCUT2D eigenvalue weighted by atomic mass is 19.1. The molecule has 5 unspecified atom stereocenters. The number of aryl methyl sites for hydroxylation is 1. The van der Waals surface area contributed by atoms with E-state index in [4.69, 9.17) is 14.6 Å². The van der Waals surface area contributed by atoms with Gasteiger partial charge in [0.15, 0.2) is 5.78 Å². The number of likely N-dealkylation sites (tertiary alicyclic amines) is 1. The summed E-state index contributed by atoms with van der Waals surface area (Å²) < 4.78 is 25.1. The molecule has 13 nitrogen and oxygen atoms in total. The maximum Gasteiger partial charge on any atom is 0.242 e. The third kappa shape index (κ3) is 15.4. The van der Waals surface area contributed by atoms with Gasteiger partial charge in [0.05, 0.1) is 55.8 Å². The molecule has 0 bridgehead atoms. The molecule has 0 aliphatic carbocycles. The lowest BCUT2D eigenvalue weighted by atomic mass is 9.94. The summed E-state index contributed by atoms with van der Waals surface area (Å²) >= 11 is 0. The van der Waals surface area contributed by atoms with Gasteiger partial charge < -0.3 is 40.3 Å². The van der Waals surface area contributed by atoms with E-state index < -0.39 is 41.9 Å². The minimum atomic E-state index is -0.682. The molecule has 304 valence electrons. The zero-order valence-electron chi connectivity index (χ0n) is 34.2. The smallest absolute Gasteiger partial charge is 0.242 e. The fourth-order valence-electron chi connectivity index (χ4n) is 6.59. The predicted octanol–water partition coefficient (Wildman–Crippen LogP) is 3.49. The molecule has 1 saturated heterocycles. The number of carbonyl (C=O) groups excluding carboxylic acids is 5. The van der Waals surface area contributed by atoms with Gasteiger partial charge in [-0.25, -0.2) is 4.39 Å². The number of methoxy groups -OCH3 is 2. The number of nitrogens with zero attached hydrogens (tertiary/aromatic N) is 2. The second kappa shape index (κ2) is 26.3. The van der Waals surface area contributed by atoms with Crippen LogP contribution in [0, 0.1) is 24.6 Å². The van der Waals surface area contributed by atoms with Gasteiger partial charge in [-0.15, -0.1) is 0 Å². The molecule has 0 aromatic heterocycles. The van der Waals surface area contributed by atoms with Crippen LogP contribution < -0.4 is 16.0 Å². The summed E-state index contributed by atoms with van der Waals surface area (Å²) in [5.41, 5.74) is 0.819. The summed E-state index contributed by atoms with van der Waals surface area (Å²) in [6.45, 7) is 13.5. The minimum Gasteiger partial charge on any atom is -0.400 e. The summed E-state index contributed by atoms with van der Waals surface area (Å²) in [7, 11) is 7.37. The molecule has 53 heavy (non-hydrogen) atoms. The monoisotopic (exact) mass is 754 g/mol. The fourth-order valence-corrected chi connectivity index (χ4v) is 6.59. The van der Waals surface area contributed by atoms with E-state index in [0.717, 1.165) is 20.0 Å². The molecule has 1 heterocycles. The Morgan fingerprint density at radius 3 is 2.11 bits per heavy atom. The van der Waals surface area contributed by atoms with Crippen LogP contribution in [0.15, 0.2) is 18.2 Å². The van der Waals surface area contributed by atoms with Crippen LogP contribution in [0.1, 0.15) is 96.0 Å². The Kier molecular flexibility index (Phi) is 24.6. The topological polar surface area (TPSA) is 167 Å². The molecule has 1 aromatic carbocycles. The van der Waals surface area contributed by atoms with Gasteiger partial charge in [-0.3, -0.25) is 24.0 Å². The van der Waals surface area contributed by atoms with E-state index in [1.54, 1.807) is 37.7 Å². The average Bonchev–Trinajstić information content (AvgIpc) is 3.61. The Bertz CT molecular complexity index is 1280. The van der Waals surface area contributed by atoms with Crippen molar-refractivity contribution in [2.24, 2.45) is 11.8 Å². The van der Waals surface area contributed by atoms with E-state index in [2.05, 4.69) is 29.8 Å². The molecule has 1 aliphatic rings. The highest BCUT2D eigenvalue weighted by molar-refractivity contribution is 6.00. The van der Waals surface area contributed by atoms with E-state index in [1.165, 1.54) is 38.8 Å². The molecule has 2 rings (SSSR count). The highest BCUT2D eigenvalue weighted by Gasteiger charge is 2.41. The Morgan fingerprint density at radius 2 is 1.60 bits per heavy atom. The molecule has 6 atom stereocenters. The van der Waals surface area contributed by atoms with Crippen molar-refractivity contribution in [2.45, 2.75) is 117 Å². The number of nitrogens with one attached hydrogen (secondary N) is 3. The van der Waals surface area contributed by atoms with Crippen molar-refractivity contribution in [3.8, 4) is 0 Å². The Morgan fingerprint density at radius 1 is 1.00 bits per heavy atom. The van der Waals surface area contributed by atoms with Crippen molar-refractivity contribution in [2.75, 3.05) is 55.1 Å². The summed E-state index contributed by atoms with van der Waals surface area (Å²) in [5, 5.41) is 15.4. The largest absolute Gasteiger partial charge is 0.400 e. The number of Topliss-reactive ketones (excluding diaryl/α,β-unsaturated/α-hetero) is 1. The number of hydrogen-bond acceptors (Lipinski definition) is 9.